The number of anilines is 2. The number of fused-ring (bicyclic) bond motifs is 6. The molecular weight excluding hydrogens is 511 g/mol. The van der Waals surface area contributed by atoms with E-state index in [0.717, 1.165) is 23.4 Å². The number of rotatable bonds is 1. The van der Waals surface area contributed by atoms with Crippen LogP contribution in [0.25, 0.3) is 11.1 Å². The van der Waals surface area contributed by atoms with Crippen LogP contribution in [0.4, 0.5) is 15.8 Å². The van der Waals surface area contributed by atoms with Gasteiger partial charge >= 0.3 is 5.97 Å². The Balaban J connectivity index is 1.71. The molecule has 0 saturated carbocycles. The minimum Gasteiger partial charge on any atom is -0.505 e. The third kappa shape index (κ3) is 4.84. The molecule has 5 rings (SSSR count). The fourth-order valence-corrected chi connectivity index (χ4v) is 5.77. The summed E-state index contributed by atoms with van der Waals surface area (Å²) in [5.41, 5.74) is 2.63. The molecule has 0 aliphatic carbocycles. The Labute approximate surface area is 212 Å². The molecule has 0 spiro atoms. The number of cyclic esters (lactones) is 1. The summed E-state index contributed by atoms with van der Waals surface area (Å²) in [5, 5.41) is 10.1. The van der Waals surface area contributed by atoms with Gasteiger partial charge in [0.2, 0.25) is 0 Å². The summed E-state index contributed by atoms with van der Waals surface area (Å²) in [7, 11) is -4.39. The number of carbonyl (C=O) groups is 1. The molecule has 1 saturated heterocycles. The second kappa shape index (κ2) is 9.61. The lowest BCUT2D eigenvalue weighted by Gasteiger charge is -2.30. The molecule has 2 aliphatic heterocycles. The average molecular weight is 533 g/mol. The SMILES string of the molecule is O=C1OCCc2ccc(F)cc2-c2cc(cc(N3CCOCC3)c2)NS(=O)(=O)c2cc1cc(Cl)c2O. The number of aromatic hydroxyl groups is 1. The molecule has 188 valence electrons. The maximum absolute atomic E-state index is 14.3. The van der Waals surface area contributed by atoms with Crippen molar-refractivity contribution >= 4 is 39.0 Å². The average Bonchev–Trinajstić information content (AvgIpc) is 2.85. The van der Waals surface area contributed by atoms with E-state index in [1.165, 1.54) is 12.1 Å². The number of halogens is 2. The Morgan fingerprint density at radius 1 is 1.00 bits per heavy atom. The normalized spacial score (nSPS) is 17.4. The van der Waals surface area contributed by atoms with Gasteiger partial charge in [-0.1, -0.05) is 17.7 Å². The zero-order valence-corrected chi connectivity index (χ0v) is 20.5. The van der Waals surface area contributed by atoms with Crippen LogP contribution in [-0.4, -0.2) is 52.4 Å². The van der Waals surface area contributed by atoms with Crippen molar-refractivity contribution in [3.8, 4) is 16.9 Å². The molecule has 0 radical (unpaired) electrons. The molecule has 1 fully saturated rings. The smallest absolute Gasteiger partial charge is 0.338 e. The molecule has 0 aromatic heterocycles. The molecule has 8 nitrogen and oxygen atoms in total. The van der Waals surface area contributed by atoms with E-state index < -0.39 is 32.5 Å². The van der Waals surface area contributed by atoms with E-state index in [4.69, 9.17) is 21.1 Å². The van der Waals surface area contributed by atoms with Crippen molar-refractivity contribution in [1.29, 1.82) is 0 Å². The van der Waals surface area contributed by atoms with Crippen molar-refractivity contribution < 1.29 is 32.2 Å². The standard InChI is InChI=1S/C25H22ClFN2O6S/c26-22-11-17-12-23(24(22)30)36(32,33)28-19-9-16(10-20(14-19)29-4-7-34-8-5-29)21-13-18(27)2-1-15(21)3-6-35-25(17)31/h1-2,9-14,28,30H,3-8H2. The molecule has 0 atom stereocenters. The van der Waals surface area contributed by atoms with Crippen molar-refractivity contribution in [2.75, 3.05) is 42.5 Å². The molecular formula is C25H22ClFN2O6S. The second-order valence-corrected chi connectivity index (χ2v) is 10.5. The number of nitrogens with zero attached hydrogens (tertiary/aromatic N) is 1. The highest BCUT2D eigenvalue weighted by Crippen LogP contribution is 2.37. The van der Waals surface area contributed by atoms with Gasteiger partial charge in [0.15, 0.2) is 5.75 Å². The fraction of sp³-hybridized carbons (Fsp3) is 0.240. The van der Waals surface area contributed by atoms with Crippen LogP contribution in [0, 0.1) is 5.82 Å². The van der Waals surface area contributed by atoms with Gasteiger partial charge in [0, 0.05) is 25.2 Å². The molecule has 2 heterocycles. The van der Waals surface area contributed by atoms with E-state index in [1.54, 1.807) is 18.2 Å². The van der Waals surface area contributed by atoms with Gasteiger partial charge in [0.25, 0.3) is 10.0 Å². The Hall–Kier alpha value is -3.34. The first-order chi connectivity index (χ1) is 17.2. The Bertz CT molecular complexity index is 1460. The summed E-state index contributed by atoms with van der Waals surface area (Å²) >= 11 is 6.05. The van der Waals surface area contributed by atoms with Gasteiger partial charge in [-0.25, -0.2) is 17.6 Å². The minimum absolute atomic E-state index is 0.0354. The lowest BCUT2D eigenvalue weighted by Crippen LogP contribution is -2.36. The number of hydrogen-bond acceptors (Lipinski definition) is 7. The highest BCUT2D eigenvalue weighted by Gasteiger charge is 2.26. The van der Waals surface area contributed by atoms with Crippen LogP contribution in [-0.2, 0) is 25.9 Å². The van der Waals surface area contributed by atoms with Gasteiger partial charge < -0.3 is 19.5 Å². The van der Waals surface area contributed by atoms with Crippen molar-refractivity contribution in [1.82, 2.24) is 0 Å². The maximum atomic E-state index is 14.3. The summed E-state index contributed by atoms with van der Waals surface area (Å²) in [6.07, 6.45) is 0.295. The number of hydrogen-bond donors (Lipinski definition) is 2. The molecule has 36 heavy (non-hydrogen) atoms. The van der Waals surface area contributed by atoms with Gasteiger partial charge in [-0.15, -0.1) is 0 Å². The van der Waals surface area contributed by atoms with E-state index in [2.05, 4.69) is 4.72 Å². The van der Waals surface area contributed by atoms with Crippen LogP contribution in [0.3, 0.4) is 0 Å². The van der Waals surface area contributed by atoms with E-state index in [-0.39, 0.29) is 22.9 Å². The van der Waals surface area contributed by atoms with Gasteiger partial charge in [0.05, 0.1) is 36.1 Å². The molecule has 2 aliphatic rings. The predicted octanol–water partition coefficient (Wildman–Crippen LogP) is 4.20. The van der Waals surface area contributed by atoms with E-state index in [1.807, 2.05) is 11.0 Å². The van der Waals surface area contributed by atoms with E-state index in [9.17, 15) is 22.7 Å². The third-order valence-corrected chi connectivity index (χ3v) is 7.77. The van der Waals surface area contributed by atoms with E-state index >= 15 is 0 Å². The predicted molar refractivity (Wildman–Crippen MR) is 133 cm³/mol. The zero-order chi connectivity index (χ0) is 25.4. The number of nitrogens with one attached hydrogen (secondary N) is 1. The fourth-order valence-electron chi connectivity index (χ4n) is 4.31. The summed E-state index contributed by atoms with van der Waals surface area (Å²) < 4.78 is 54.2. The highest BCUT2D eigenvalue weighted by molar-refractivity contribution is 7.92. The Kier molecular flexibility index (Phi) is 6.50. The largest absolute Gasteiger partial charge is 0.505 e. The first-order valence-electron chi connectivity index (χ1n) is 11.2. The van der Waals surface area contributed by atoms with Gasteiger partial charge in [-0.3, -0.25) is 4.72 Å². The number of morpholine rings is 1. The summed E-state index contributed by atoms with van der Waals surface area (Å²) in [4.78, 5) is 14.1. The maximum Gasteiger partial charge on any atom is 0.338 e. The van der Waals surface area contributed by atoms with Gasteiger partial charge in [0.1, 0.15) is 10.7 Å². The van der Waals surface area contributed by atoms with Crippen molar-refractivity contribution in [2.45, 2.75) is 11.3 Å². The number of benzene rings is 3. The monoisotopic (exact) mass is 532 g/mol. The topological polar surface area (TPSA) is 105 Å². The number of sulfonamides is 1. The highest BCUT2D eigenvalue weighted by atomic mass is 35.5. The third-order valence-electron chi connectivity index (χ3n) is 6.09. The van der Waals surface area contributed by atoms with E-state index in [0.29, 0.717) is 43.9 Å². The number of ether oxygens (including phenoxy) is 2. The van der Waals surface area contributed by atoms with Crippen LogP contribution >= 0.6 is 11.6 Å². The van der Waals surface area contributed by atoms with Gasteiger partial charge in [-0.2, -0.15) is 0 Å². The van der Waals surface area contributed by atoms with Crippen molar-refractivity contribution in [3.05, 3.63) is 70.5 Å². The van der Waals surface area contributed by atoms with Crippen LogP contribution in [0.2, 0.25) is 5.02 Å². The van der Waals surface area contributed by atoms with Crippen LogP contribution in [0.5, 0.6) is 5.75 Å². The molecule has 2 N–H and O–H groups in total. The lowest BCUT2D eigenvalue weighted by molar-refractivity contribution is 0.0509. The number of phenols is 1. The summed E-state index contributed by atoms with van der Waals surface area (Å²) in [6, 6.07) is 11.6. The summed E-state index contributed by atoms with van der Waals surface area (Å²) in [5.74, 6) is -1.95. The quantitative estimate of drug-likeness (QED) is 0.452. The molecule has 4 bridgehead atoms. The van der Waals surface area contributed by atoms with Crippen LogP contribution in [0.15, 0.2) is 53.4 Å². The number of esters is 1. The molecule has 3 aromatic carbocycles. The Morgan fingerprint density at radius 3 is 2.56 bits per heavy atom. The summed E-state index contributed by atoms with van der Waals surface area (Å²) in [6.45, 7) is 2.19. The molecule has 0 amide bonds. The minimum atomic E-state index is -4.39. The lowest BCUT2D eigenvalue weighted by atomic mass is 9.96. The Morgan fingerprint density at radius 2 is 1.78 bits per heavy atom. The van der Waals surface area contributed by atoms with Gasteiger partial charge in [-0.05, 0) is 59.2 Å². The number of carbonyl (C=O) groups excluding carboxylic acids is 1. The molecule has 3 aromatic rings. The first-order valence-corrected chi connectivity index (χ1v) is 13.1. The first kappa shape index (κ1) is 24.4. The zero-order valence-electron chi connectivity index (χ0n) is 19.0. The van der Waals surface area contributed by atoms with Crippen molar-refractivity contribution in [3.63, 3.8) is 0 Å². The number of phenolic OH excluding ortho intramolecular Hbond substituents is 1. The molecule has 0 unspecified atom stereocenters. The van der Waals surface area contributed by atoms with Crippen LogP contribution in [0.1, 0.15) is 15.9 Å². The second-order valence-electron chi connectivity index (χ2n) is 8.47. The van der Waals surface area contributed by atoms with Crippen molar-refractivity contribution in [2.24, 2.45) is 0 Å². The van der Waals surface area contributed by atoms with Crippen LogP contribution < -0.4 is 9.62 Å². The molecule has 11 heteroatoms.